The minimum Gasteiger partial charge on any atom is -0.369 e. The van der Waals surface area contributed by atoms with Gasteiger partial charge in [0.15, 0.2) is 5.96 Å². The molecule has 142 valence electrons. The first kappa shape index (κ1) is 24.3. The summed E-state index contributed by atoms with van der Waals surface area (Å²) in [6, 6.07) is 5.54. The Kier molecular flexibility index (Phi) is 11.5. The molecule has 0 bridgehead atoms. The Labute approximate surface area is 177 Å². The third-order valence-corrected chi connectivity index (χ3v) is 4.16. The number of aliphatic imine (C=N–C) groups is 1. The lowest BCUT2D eigenvalue weighted by molar-refractivity contribution is -0.125. The molecule has 1 aromatic rings. The number of hydrogen-bond donors (Lipinski definition) is 3. The van der Waals surface area contributed by atoms with Crippen LogP contribution in [0.1, 0.15) is 32.8 Å². The highest BCUT2D eigenvalue weighted by atomic mass is 127. The molecule has 1 rings (SSSR count). The Morgan fingerprint density at radius 2 is 1.96 bits per heavy atom. The fraction of sp³-hybridized carbons (Fsp3) is 0.529. The average molecular weight is 501 g/mol. The van der Waals surface area contributed by atoms with Crippen molar-refractivity contribution < 1.29 is 4.79 Å². The van der Waals surface area contributed by atoms with Crippen molar-refractivity contribution in [2.75, 3.05) is 19.6 Å². The molecule has 0 unspecified atom stereocenters. The number of guanidine groups is 1. The molecule has 5 nitrogen and oxygen atoms in total. The zero-order valence-electron chi connectivity index (χ0n) is 14.9. The SMILES string of the molecule is CCNC(=NCC(C)(C)C(N)=O)NCCCc1ccc(Cl)cc1Cl.I. The van der Waals surface area contributed by atoms with Crippen LogP contribution in [0.5, 0.6) is 0 Å². The van der Waals surface area contributed by atoms with E-state index in [9.17, 15) is 4.79 Å². The molecule has 1 aromatic carbocycles. The van der Waals surface area contributed by atoms with E-state index in [1.165, 1.54) is 0 Å². The summed E-state index contributed by atoms with van der Waals surface area (Å²) in [4.78, 5) is 15.8. The third kappa shape index (κ3) is 8.96. The number of nitrogens with one attached hydrogen (secondary N) is 2. The van der Waals surface area contributed by atoms with Crippen molar-refractivity contribution in [2.45, 2.75) is 33.6 Å². The minimum atomic E-state index is -0.667. The summed E-state index contributed by atoms with van der Waals surface area (Å²) in [6.45, 7) is 7.37. The summed E-state index contributed by atoms with van der Waals surface area (Å²) in [5, 5.41) is 7.73. The van der Waals surface area contributed by atoms with Gasteiger partial charge < -0.3 is 16.4 Å². The van der Waals surface area contributed by atoms with E-state index < -0.39 is 5.41 Å². The molecule has 0 aliphatic rings. The van der Waals surface area contributed by atoms with Gasteiger partial charge in [0.2, 0.25) is 5.91 Å². The predicted octanol–water partition coefficient (Wildman–Crippen LogP) is 3.61. The standard InChI is InChI=1S/C17H26Cl2N4O.HI/c1-4-21-16(23-11-17(2,3)15(20)24)22-9-5-6-12-7-8-13(18)10-14(12)19;/h7-8,10H,4-6,9,11H2,1-3H3,(H2,20,24)(H2,21,22,23);1H. The number of nitrogens with two attached hydrogens (primary N) is 1. The number of primary amides is 1. The van der Waals surface area contributed by atoms with Crippen molar-refractivity contribution in [1.29, 1.82) is 0 Å². The van der Waals surface area contributed by atoms with Gasteiger partial charge in [0.05, 0.1) is 12.0 Å². The van der Waals surface area contributed by atoms with Gasteiger partial charge in [0.1, 0.15) is 0 Å². The zero-order valence-corrected chi connectivity index (χ0v) is 18.7. The van der Waals surface area contributed by atoms with Crippen molar-refractivity contribution in [3.05, 3.63) is 33.8 Å². The van der Waals surface area contributed by atoms with Crippen LogP contribution in [-0.4, -0.2) is 31.5 Å². The summed E-state index contributed by atoms with van der Waals surface area (Å²) in [5.74, 6) is 0.313. The zero-order chi connectivity index (χ0) is 18.2. The molecule has 4 N–H and O–H groups in total. The van der Waals surface area contributed by atoms with Gasteiger partial charge in [-0.25, -0.2) is 0 Å². The lowest BCUT2D eigenvalue weighted by Gasteiger charge is -2.19. The summed E-state index contributed by atoms with van der Waals surface area (Å²) < 4.78 is 0. The second kappa shape index (κ2) is 11.8. The van der Waals surface area contributed by atoms with E-state index in [0.717, 1.165) is 31.5 Å². The van der Waals surface area contributed by atoms with E-state index in [-0.39, 0.29) is 29.9 Å². The second-order valence-electron chi connectivity index (χ2n) is 6.21. The van der Waals surface area contributed by atoms with Crippen LogP contribution in [0, 0.1) is 5.41 Å². The Balaban J connectivity index is 0.00000576. The van der Waals surface area contributed by atoms with Crippen molar-refractivity contribution in [3.8, 4) is 0 Å². The number of rotatable bonds is 8. The molecule has 0 saturated heterocycles. The number of carbonyl (C=O) groups is 1. The van der Waals surface area contributed by atoms with Crippen LogP contribution in [0.2, 0.25) is 10.0 Å². The Morgan fingerprint density at radius 3 is 2.52 bits per heavy atom. The van der Waals surface area contributed by atoms with Crippen molar-refractivity contribution in [1.82, 2.24) is 10.6 Å². The number of carbonyl (C=O) groups excluding carboxylic acids is 1. The summed E-state index contributed by atoms with van der Waals surface area (Å²) in [5.41, 5.74) is 5.77. The maximum Gasteiger partial charge on any atom is 0.224 e. The molecular formula is C17H27Cl2IN4O. The fourth-order valence-electron chi connectivity index (χ4n) is 1.91. The van der Waals surface area contributed by atoms with Gasteiger partial charge >= 0.3 is 0 Å². The summed E-state index contributed by atoms with van der Waals surface area (Å²) in [7, 11) is 0. The van der Waals surface area contributed by atoms with E-state index in [2.05, 4.69) is 15.6 Å². The molecule has 0 heterocycles. The van der Waals surface area contributed by atoms with Crippen LogP contribution in [0.15, 0.2) is 23.2 Å². The topological polar surface area (TPSA) is 79.5 Å². The molecule has 25 heavy (non-hydrogen) atoms. The van der Waals surface area contributed by atoms with Gasteiger partial charge in [-0.3, -0.25) is 9.79 Å². The summed E-state index contributed by atoms with van der Waals surface area (Å²) >= 11 is 12.1. The molecule has 1 amide bonds. The van der Waals surface area contributed by atoms with Crippen molar-refractivity contribution >= 4 is 59.0 Å². The van der Waals surface area contributed by atoms with Gasteiger partial charge in [-0.15, -0.1) is 24.0 Å². The quantitative estimate of drug-likeness (QED) is 0.221. The first-order valence-electron chi connectivity index (χ1n) is 8.02. The second-order valence-corrected chi connectivity index (χ2v) is 7.05. The number of benzene rings is 1. The van der Waals surface area contributed by atoms with E-state index in [1.54, 1.807) is 19.9 Å². The molecule has 0 atom stereocenters. The first-order valence-corrected chi connectivity index (χ1v) is 8.78. The highest BCUT2D eigenvalue weighted by Crippen LogP contribution is 2.21. The molecule has 0 saturated carbocycles. The van der Waals surface area contributed by atoms with Crippen LogP contribution < -0.4 is 16.4 Å². The molecule has 0 spiro atoms. The van der Waals surface area contributed by atoms with Gasteiger partial charge in [-0.05, 0) is 51.3 Å². The molecular weight excluding hydrogens is 474 g/mol. The van der Waals surface area contributed by atoms with E-state index in [1.807, 2.05) is 19.1 Å². The maximum absolute atomic E-state index is 11.4. The van der Waals surface area contributed by atoms with Crippen LogP contribution in [0.4, 0.5) is 0 Å². The largest absolute Gasteiger partial charge is 0.369 e. The molecule has 0 aromatic heterocycles. The average Bonchev–Trinajstić information content (AvgIpc) is 2.50. The predicted molar refractivity (Wildman–Crippen MR) is 117 cm³/mol. The number of aryl methyl sites for hydroxylation is 1. The molecule has 0 radical (unpaired) electrons. The smallest absolute Gasteiger partial charge is 0.224 e. The fourth-order valence-corrected chi connectivity index (χ4v) is 2.41. The number of hydrogen-bond acceptors (Lipinski definition) is 2. The Hall–Kier alpha value is -0.730. The Bertz CT molecular complexity index is 594. The van der Waals surface area contributed by atoms with Crippen LogP contribution in [0.3, 0.4) is 0 Å². The molecule has 0 aliphatic carbocycles. The molecule has 0 aliphatic heterocycles. The van der Waals surface area contributed by atoms with Crippen LogP contribution in [-0.2, 0) is 11.2 Å². The number of nitrogens with zero attached hydrogens (tertiary/aromatic N) is 1. The highest BCUT2D eigenvalue weighted by molar-refractivity contribution is 14.0. The number of amides is 1. The van der Waals surface area contributed by atoms with Gasteiger partial charge in [0, 0.05) is 23.1 Å². The van der Waals surface area contributed by atoms with E-state index >= 15 is 0 Å². The molecule has 0 fully saturated rings. The normalized spacial score (nSPS) is 11.6. The van der Waals surface area contributed by atoms with Crippen molar-refractivity contribution in [2.24, 2.45) is 16.1 Å². The lowest BCUT2D eigenvalue weighted by Crippen LogP contribution is -2.40. The minimum absolute atomic E-state index is 0. The highest BCUT2D eigenvalue weighted by Gasteiger charge is 2.24. The lowest BCUT2D eigenvalue weighted by atomic mass is 9.93. The van der Waals surface area contributed by atoms with E-state index in [4.69, 9.17) is 28.9 Å². The van der Waals surface area contributed by atoms with Gasteiger partial charge in [-0.1, -0.05) is 29.3 Å². The van der Waals surface area contributed by atoms with Crippen molar-refractivity contribution in [3.63, 3.8) is 0 Å². The van der Waals surface area contributed by atoms with Gasteiger partial charge in [0.25, 0.3) is 0 Å². The maximum atomic E-state index is 11.4. The van der Waals surface area contributed by atoms with Crippen LogP contribution >= 0.6 is 47.2 Å². The molecule has 8 heteroatoms. The Morgan fingerprint density at radius 1 is 1.28 bits per heavy atom. The van der Waals surface area contributed by atoms with Gasteiger partial charge in [-0.2, -0.15) is 0 Å². The van der Waals surface area contributed by atoms with Crippen LogP contribution in [0.25, 0.3) is 0 Å². The van der Waals surface area contributed by atoms with E-state index in [0.29, 0.717) is 22.5 Å². The summed E-state index contributed by atoms with van der Waals surface area (Å²) in [6.07, 6.45) is 1.74. The first-order chi connectivity index (χ1) is 11.3. The monoisotopic (exact) mass is 500 g/mol. The number of halogens is 3. The third-order valence-electron chi connectivity index (χ3n) is 3.57.